The van der Waals surface area contributed by atoms with Crippen molar-refractivity contribution >= 4 is 5.78 Å². The summed E-state index contributed by atoms with van der Waals surface area (Å²) in [4.78, 5) is 12.4. The van der Waals surface area contributed by atoms with Crippen LogP contribution in [0.3, 0.4) is 0 Å². The minimum atomic E-state index is -5.55. The summed E-state index contributed by atoms with van der Waals surface area (Å²) in [6, 6.07) is 18.1. The smallest absolute Gasteiger partial charge is 0.289 e. The number of hydrogen-bond donors (Lipinski definition) is 0. The highest BCUT2D eigenvalue weighted by Crippen LogP contribution is 2.56. The topological polar surface area (TPSA) is 17.1 Å². The maximum absolute atomic E-state index is 14.0. The maximum atomic E-state index is 14.0. The van der Waals surface area contributed by atoms with E-state index in [1.165, 1.54) is 37.1 Å². The van der Waals surface area contributed by atoms with Crippen molar-refractivity contribution in [3.05, 3.63) is 140 Å². The van der Waals surface area contributed by atoms with Crippen LogP contribution in [0.1, 0.15) is 71.6 Å². The summed E-state index contributed by atoms with van der Waals surface area (Å²) in [5.41, 5.74) is 2.56. The van der Waals surface area contributed by atoms with E-state index < -0.39 is 28.9 Å². The van der Waals surface area contributed by atoms with Gasteiger partial charge in [-0.1, -0.05) is 60.7 Å². The number of benzene rings is 4. The van der Waals surface area contributed by atoms with Crippen LogP contribution in [0.5, 0.6) is 0 Å². The number of rotatable bonds is 4. The minimum Gasteiger partial charge on any atom is -0.289 e. The van der Waals surface area contributed by atoms with Gasteiger partial charge in [0.25, 0.3) is 0 Å². The Balaban J connectivity index is 0.000000248. The van der Waals surface area contributed by atoms with Crippen molar-refractivity contribution in [3.8, 4) is 0 Å². The van der Waals surface area contributed by atoms with Crippen molar-refractivity contribution in [1.29, 1.82) is 0 Å². The summed E-state index contributed by atoms with van der Waals surface area (Å²) in [6.07, 6.45) is -11.1. The highest BCUT2D eigenvalue weighted by Gasteiger charge is 2.72. The van der Waals surface area contributed by atoms with Crippen LogP contribution in [-0.2, 0) is 5.41 Å². The van der Waals surface area contributed by atoms with Crippen LogP contribution < -0.4 is 0 Å². The molecule has 0 fully saturated rings. The van der Waals surface area contributed by atoms with Gasteiger partial charge >= 0.3 is 12.4 Å². The standard InChI is InChI=1S/C19H18F6.C17H18O/c1-11-5-7-15(9-13(11)3)17(18(20,21)22,19(23,24)25)16-8-6-12(2)14(4)10-16;1-11-5-7-15(9-13(11)3)17(18)16-8-6-12(2)14(4)10-16/h5-10H,1-4H3;5-10H,1-4H3. The quantitative estimate of drug-likeness (QED) is 0.169. The maximum Gasteiger partial charge on any atom is 0.411 e. The summed E-state index contributed by atoms with van der Waals surface area (Å²) in [6.45, 7) is 14.4. The first-order valence-corrected chi connectivity index (χ1v) is 13.8. The molecule has 0 spiro atoms. The molecule has 4 aromatic carbocycles. The molecule has 228 valence electrons. The van der Waals surface area contributed by atoms with E-state index in [-0.39, 0.29) is 5.78 Å². The number of hydrogen-bond acceptors (Lipinski definition) is 1. The summed E-state index contributed by atoms with van der Waals surface area (Å²) in [5, 5.41) is 0. The van der Waals surface area contributed by atoms with E-state index >= 15 is 0 Å². The number of carbonyl (C=O) groups excluding carboxylic acids is 1. The molecule has 43 heavy (non-hydrogen) atoms. The molecule has 7 heteroatoms. The van der Waals surface area contributed by atoms with Crippen LogP contribution in [0.25, 0.3) is 0 Å². The molecule has 0 radical (unpaired) electrons. The van der Waals surface area contributed by atoms with Gasteiger partial charge < -0.3 is 0 Å². The van der Waals surface area contributed by atoms with Crippen molar-refractivity contribution in [1.82, 2.24) is 0 Å². The largest absolute Gasteiger partial charge is 0.411 e. The summed E-state index contributed by atoms with van der Waals surface area (Å²) in [7, 11) is 0. The van der Waals surface area contributed by atoms with Crippen LogP contribution in [0.15, 0.2) is 72.8 Å². The van der Waals surface area contributed by atoms with Crippen molar-refractivity contribution in [2.24, 2.45) is 0 Å². The lowest BCUT2D eigenvalue weighted by molar-refractivity contribution is -0.288. The van der Waals surface area contributed by atoms with Gasteiger partial charge in [-0.25, -0.2) is 0 Å². The SMILES string of the molecule is Cc1ccc(C(=O)c2ccc(C)c(C)c2)cc1C.Cc1ccc(C(c2ccc(C)c(C)c2)(C(F)(F)F)C(F)(F)F)cc1C. The first-order valence-electron chi connectivity index (χ1n) is 13.8. The van der Waals surface area contributed by atoms with E-state index in [0.717, 1.165) is 46.5 Å². The first-order chi connectivity index (χ1) is 19.8. The predicted octanol–water partition coefficient (Wildman–Crippen LogP) is 10.5. The van der Waals surface area contributed by atoms with Gasteiger partial charge in [0, 0.05) is 11.1 Å². The van der Waals surface area contributed by atoms with Gasteiger partial charge in [0.05, 0.1) is 0 Å². The second-order valence-corrected chi connectivity index (χ2v) is 11.3. The summed E-state index contributed by atoms with van der Waals surface area (Å²) >= 11 is 0. The van der Waals surface area contributed by atoms with Crippen LogP contribution >= 0.6 is 0 Å². The molecule has 0 atom stereocenters. The lowest BCUT2D eigenvalue weighted by Crippen LogP contribution is -2.54. The van der Waals surface area contributed by atoms with Crippen LogP contribution in [0.2, 0.25) is 0 Å². The Bertz CT molecular complexity index is 1520. The third-order valence-corrected chi connectivity index (χ3v) is 8.27. The third-order valence-electron chi connectivity index (χ3n) is 8.27. The fraction of sp³-hybridized carbons (Fsp3) is 0.306. The van der Waals surface area contributed by atoms with Crippen molar-refractivity contribution in [2.75, 3.05) is 0 Å². The Labute approximate surface area is 249 Å². The molecule has 0 aliphatic heterocycles. The van der Waals surface area contributed by atoms with Gasteiger partial charge in [0.15, 0.2) is 5.78 Å². The molecule has 0 aliphatic carbocycles. The summed E-state index contributed by atoms with van der Waals surface area (Å²) in [5.74, 6) is 0.0983. The van der Waals surface area contributed by atoms with Crippen molar-refractivity contribution in [3.63, 3.8) is 0 Å². The Morgan fingerprint density at radius 1 is 0.419 bits per heavy atom. The highest BCUT2D eigenvalue weighted by atomic mass is 19.4. The van der Waals surface area contributed by atoms with Gasteiger partial charge in [-0.2, -0.15) is 26.3 Å². The minimum absolute atomic E-state index is 0.0983. The zero-order valence-corrected chi connectivity index (χ0v) is 25.6. The second-order valence-electron chi connectivity index (χ2n) is 11.3. The number of alkyl halides is 6. The lowest BCUT2D eigenvalue weighted by Gasteiger charge is -2.38. The molecule has 4 aromatic rings. The van der Waals surface area contributed by atoms with E-state index in [0.29, 0.717) is 22.3 Å². The van der Waals surface area contributed by atoms with E-state index in [4.69, 9.17) is 0 Å². The lowest BCUT2D eigenvalue weighted by atomic mass is 9.71. The fourth-order valence-corrected chi connectivity index (χ4v) is 4.86. The van der Waals surface area contributed by atoms with Crippen molar-refractivity contribution in [2.45, 2.75) is 73.2 Å². The van der Waals surface area contributed by atoms with E-state index in [1.807, 2.05) is 50.2 Å². The molecular weight excluding hydrogens is 562 g/mol. The average Bonchev–Trinajstić information content (AvgIpc) is 2.90. The zero-order chi connectivity index (χ0) is 32.5. The van der Waals surface area contributed by atoms with E-state index in [1.54, 1.807) is 13.8 Å². The number of carbonyl (C=O) groups is 1. The molecule has 0 saturated carbocycles. The Morgan fingerprint density at radius 3 is 0.953 bits per heavy atom. The van der Waals surface area contributed by atoms with Crippen molar-refractivity contribution < 1.29 is 31.1 Å². The molecule has 0 heterocycles. The van der Waals surface area contributed by atoms with Gasteiger partial charge in [0.1, 0.15) is 0 Å². The number of halogens is 6. The molecule has 0 amide bonds. The van der Waals surface area contributed by atoms with Crippen LogP contribution in [0, 0.1) is 55.4 Å². The van der Waals surface area contributed by atoms with Gasteiger partial charge in [0.2, 0.25) is 5.41 Å². The molecule has 0 N–H and O–H groups in total. The molecule has 0 aliphatic rings. The number of aryl methyl sites for hydroxylation is 8. The monoisotopic (exact) mass is 598 g/mol. The fourth-order valence-electron chi connectivity index (χ4n) is 4.86. The zero-order valence-electron chi connectivity index (χ0n) is 25.6. The molecular formula is C36H36F6O. The Morgan fingerprint density at radius 2 is 0.698 bits per heavy atom. The summed E-state index contributed by atoms with van der Waals surface area (Å²) < 4.78 is 83.9. The Hall–Kier alpha value is -3.87. The molecule has 0 saturated heterocycles. The average molecular weight is 599 g/mol. The predicted molar refractivity (Wildman–Crippen MR) is 160 cm³/mol. The molecule has 0 unspecified atom stereocenters. The molecule has 4 rings (SSSR count). The molecule has 1 nitrogen and oxygen atoms in total. The van der Waals surface area contributed by atoms with Gasteiger partial charge in [-0.15, -0.1) is 0 Å². The van der Waals surface area contributed by atoms with Crippen LogP contribution in [-0.4, -0.2) is 18.1 Å². The molecule has 0 bridgehead atoms. The Kier molecular flexibility index (Phi) is 9.69. The van der Waals surface area contributed by atoms with Gasteiger partial charge in [-0.05, 0) is 123 Å². The van der Waals surface area contributed by atoms with Gasteiger partial charge in [-0.3, -0.25) is 4.79 Å². The third kappa shape index (κ3) is 6.71. The number of ketones is 1. The normalized spacial score (nSPS) is 12.0. The van der Waals surface area contributed by atoms with E-state index in [9.17, 15) is 31.1 Å². The van der Waals surface area contributed by atoms with E-state index in [2.05, 4.69) is 13.8 Å². The van der Waals surface area contributed by atoms with Crippen LogP contribution in [0.4, 0.5) is 26.3 Å². The second kappa shape index (κ2) is 12.4. The highest BCUT2D eigenvalue weighted by molar-refractivity contribution is 6.09. The molecule has 0 aromatic heterocycles. The first kappa shape index (κ1) is 33.6.